The Morgan fingerprint density at radius 1 is 1.11 bits per heavy atom. The van der Waals surface area contributed by atoms with Crippen molar-refractivity contribution in [2.24, 2.45) is 5.92 Å². The lowest BCUT2D eigenvalue weighted by Gasteiger charge is -2.37. The quantitative estimate of drug-likeness (QED) is 0.380. The molecule has 0 saturated heterocycles. The second-order valence-electron chi connectivity index (χ2n) is 9.50. The van der Waals surface area contributed by atoms with Crippen molar-refractivity contribution in [1.82, 2.24) is 14.5 Å². The average molecular weight is 578 g/mol. The third kappa shape index (κ3) is 8.67. The normalized spacial score (nSPS) is 19.5. The van der Waals surface area contributed by atoms with Crippen molar-refractivity contribution < 1.29 is 35.9 Å². The van der Waals surface area contributed by atoms with Crippen molar-refractivity contribution in [2.75, 3.05) is 40.9 Å². The maximum Gasteiger partial charge on any atom is 0.573 e. The van der Waals surface area contributed by atoms with E-state index in [4.69, 9.17) is 4.74 Å². The third-order valence-corrected chi connectivity index (χ3v) is 9.34. The molecule has 2 aromatic rings. The van der Waals surface area contributed by atoms with Gasteiger partial charge in [0.1, 0.15) is 12.4 Å². The average Bonchev–Trinajstić information content (AvgIpc) is 3.36. The van der Waals surface area contributed by atoms with Gasteiger partial charge in [-0.05, 0) is 81.4 Å². The Labute approximate surface area is 225 Å². The number of amides is 1. The van der Waals surface area contributed by atoms with Crippen molar-refractivity contribution in [2.45, 2.75) is 49.0 Å². The molecule has 0 spiro atoms. The zero-order valence-electron chi connectivity index (χ0n) is 21.6. The molecule has 1 heterocycles. The molecule has 1 atom stereocenters. The maximum absolute atomic E-state index is 12.6. The summed E-state index contributed by atoms with van der Waals surface area (Å²) in [5.74, 6) is -0.234. The number of thiophene rings is 1. The Morgan fingerprint density at radius 3 is 2.32 bits per heavy atom. The van der Waals surface area contributed by atoms with Crippen LogP contribution in [0.2, 0.25) is 0 Å². The molecule has 1 N–H and O–H groups in total. The fourth-order valence-electron chi connectivity index (χ4n) is 4.69. The van der Waals surface area contributed by atoms with Gasteiger partial charge in [0.05, 0.1) is 11.5 Å². The van der Waals surface area contributed by atoms with E-state index in [2.05, 4.69) is 46.6 Å². The molecule has 0 bridgehead atoms. The molecule has 0 radical (unpaired) electrons. The van der Waals surface area contributed by atoms with Crippen LogP contribution in [0, 0.1) is 5.92 Å². The van der Waals surface area contributed by atoms with Gasteiger partial charge in [-0.2, -0.15) is 4.31 Å². The molecular weight excluding hydrogens is 543 g/mol. The number of carbonyl (C=O) groups is 1. The van der Waals surface area contributed by atoms with Crippen molar-refractivity contribution in [3.8, 4) is 5.75 Å². The number of ether oxygens (including phenoxy) is 2. The van der Waals surface area contributed by atoms with Gasteiger partial charge >= 0.3 is 6.36 Å². The number of carbonyl (C=O) groups excluding carboxylic acids is 1. The molecule has 0 aliphatic heterocycles. The number of hydrogen-bond acceptors (Lipinski definition) is 7. The second kappa shape index (κ2) is 13.2. The van der Waals surface area contributed by atoms with Crippen LogP contribution in [0.3, 0.4) is 0 Å². The first-order chi connectivity index (χ1) is 17.9. The van der Waals surface area contributed by atoms with Crippen molar-refractivity contribution in [1.29, 1.82) is 0 Å². The number of halogens is 3. The largest absolute Gasteiger partial charge is 0.573 e. The number of likely N-dealkylation sites (N-methyl/N-ethyl adjacent to an activating group) is 1. The number of sulfonamides is 1. The molecule has 1 amide bonds. The van der Waals surface area contributed by atoms with E-state index in [1.807, 2.05) is 0 Å². The van der Waals surface area contributed by atoms with E-state index >= 15 is 0 Å². The van der Waals surface area contributed by atoms with Crippen LogP contribution >= 0.6 is 11.3 Å². The van der Waals surface area contributed by atoms with Gasteiger partial charge in [0, 0.05) is 30.6 Å². The number of rotatable bonds is 12. The summed E-state index contributed by atoms with van der Waals surface area (Å²) in [5.41, 5.74) is 0. The smallest absolute Gasteiger partial charge is 0.406 e. The minimum absolute atomic E-state index is 0.0174. The monoisotopic (exact) mass is 577 g/mol. The summed E-state index contributed by atoms with van der Waals surface area (Å²) in [6.45, 7) is -0.237. The van der Waals surface area contributed by atoms with Crippen LogP contribution in [0.1, 0.15) is 36.6 Å². The zero-order valence-corrected chi connectivity index (χ0v) is 23.2. The van der Waals surface area contributed by atoms with Gasteiger partial charge in [-0.1, -0.05) is 6.07 Å². The predicted molar refractivity (Wildman–Crippen MR) is 138 cm³/mol. The molecule has 212 valence electrons. The van der Waals surface area contributed by atoms with E-state index in [-0.39, 0.29) is 36.6 Å². The van der Waals surface area contributed by atoms with E-state index in [0.29, 0.717) is 12.0 Å². The summed E-state index contributed by atoms with van der Waals surface area (Å²) in [6, 6.07) is 8.65. The lowest BCUT2D eigenvalue weighted by molar-refractivity contribution is -0.274. The number of nitrogens with one attached hydrogen (secondary N) is 1. The molecule has 3 rings (SSSR count). The molecular formula is C25H34F3N3O5S2. The lowest BCUT2D eigenvalue weighted by atomic mass is 9.80. The first-order valence-corrected chi connectivity index (χ1v) is 14.6. The molecule has 1 fully saturated rings. The Balaban J connectivity index is 1.38. The molecule has 1 unspecified atom stereocenters. The number of benzene rings is 1. The van der Waals surface area contributed by atoms with E-state index in [0.717, 1.165) is 54.3 Å². The summed E-state index contributed by atoms with van der Waals surface area (Å²) < 4.78 is 72.3. The highest BCUT2D eigenvalue weighted by Crippen LogP contribution is 2.39. The third-order valence-electron chi connectivity index (χ3n) is 6.52. The van der Waals surface area contributed by atoms with Crippen LogP contribution in [-0.4, -0.2) is 76.8 Å². The van der Waals surface area contributed by atoms with Crippen LogP contribution in [0.5, 0.6) is 5.75 Å². The van der Waals surface area contributed by atoms with Gasteiger partial charge < -0.3 is 19.7 Å². The molecule has 1 aliphatic rings. The lowest BCUT2D eigenvalue weighted by Crippen LogP contribution is -2.41. The summed E-state index contributed by atoms with van der Waals surface area (Å²) in [7, 11) is 1.58. The minimum atomic E-state index is -4.86. The number of hydrogen-bond donors (Lipinski definition) is 1. The van der Waals surface area contributed by atoms with E-state index in [1.54, 1.807) is 11.3 Å². The Kier molecular flexibility index (Phi) is 10.6. The topological polar surface area (TPSA) is 88.2 Å². The highest BCUT2D eigenvalue weighted by molar-refractivity contribution is 7.89. The van der Waals surface area contributed by atoms with Gasteiger partial charge in [0.25, 0.3) is 0 Å². The van der Waals surface area contributed by atoms with Gasteiger partial charge in [-0.25, -0.2) is 8.42 Å². The first kappa shape index (κ1) is 30.4. The van der Waals surface area contributed by atoms with E-state index < -0.39 is 22.1 Å². The highest BCUT2D eigenvalue weighted by atomic mass is 32.2. The molecule has 1 aromatic carbocycles. The Bertz CT molecular complexity index is 1120. The summed E-state index contributed by atoms with van der Waals surface area (Å²) in [6.07, 6.45) is -1.06. The summed E-state index contributed by atoms with van der Waals surface area (Å²) in [4.78, 5) is 15.8. The predicted octanol–water partition coefficient (Wildman–Crippen LogP) is 4.26. The van der Waals surface area contributed by atoms with Crippen molar-refractivity contribution in [3.63, 3.8) is 0 Å². The summed E-state index contributed by atoms with van der Waals surface area (Å²) >= 11 is 1.77. The fraction of sp³-hybridized carbons (Fsp3) is 0.560. The fourth-order valence-corrected chi connectivity index (χ4v) is 6.86. The van der Waals surface area contributed by atoms with Crippen LogP contribution < -0.4 is 10.1 Å². The molecule has 1 aliphatic carbocycles. The van der Waals surface area contributed by atoms with Crippen LogP contribution in [0.15, 0.2) is 46.7 Å². The zero-order chi connectivity index (χ0) is 27.9. The van der Waals surface area contributed by atoms with E-state index in [1.165, 1.54) is 11.9 Å². The number of alkyl halides is 3. The summed E-state index contributed by atoms with van der Waals surface area (Å²) in [5, 5.41) is 5.11. The van der Waals surface area contributed by atoms with Gasteiger partial charge in [0.2, 0.25) is 15.9 Å². The SMILES string of the molecule is CN(C)C(c1cccs1)C1CCC(NC(=O)COCCN(C)S(=O)(=O)c2ccc(OC(F)(F)F)cc2)CC1. The van der Waals surface area contributed by atoms with Crippen molar-refractivity contribution in [3.05, 3.63) is 46.7 Å². The van der Waals surface area contributed by atoms with Crippen molar-refractivity contribution >= 4 is 27.3 Å². The van der Waals surface area contributed by atoms with Gasteiger partial charge in [0.15, 0.2) is 0 Å². The molecule has 1 saturated carbocycles. The minimum Gasteiger partial charge on any atom is -0.406 e. The molecule has 8 nitrogen and oxygen atoms in total. The standard InChI is InChI=1S/C25H34F3N3O5S2/c1-30(2)24(22-5-4-16-37-22)18-6-8-19(9-7-18)29-23(32)17-35-15-14-31(3)38(33,34)21-12-10-20(11-13-21)36-25(26,27)28/h4-5,10-13,16,18-19,24H,6-9,14-15,17H2,1-3H3,(H,29,32). The van der Waals surface area contributed by atoms with E-state index in [9.17, 15) is 26.4 Å². The first-order valence-electron chi connectivity index (χ1n) is 12.3. The number of nitrogens with zero attached hydrogens (tertiary/aromatic N) is 2. The Morgan fingerprint density at radius 2 is 1.76 bits per heavy atom. The maximum atomic E-state index is 12.6. The van der Waals surface area contributed by atoms with Crippen LogP contribution in [0.25, 0.3) is 0 Å². The van der Waals surface area contributed by atoms with Gasteiger partial charge in [-0.3, -0.25) is 4.79 Å². The van der Waals surface area contributed by atoms with Gasteiger partial charge in [-0.15, -0.1) is 24.5 Å². The van der Waals surface area contributed by atoms with Crippen LogP contribution in [-0.2, 0) is 19.6 Å². The highest BCUT2D eigenvalue weighted by Gasteiger charge is 2.32. The van der Waals surface area contributed by atoms with Crippen LogP contribution in [0.4, 0.5) is 13.2 Å². The Hall–Kier alpha value is -2.19. The molecule has 38 heavy (non-hydrogen) atoms. The second-order valence-corrected chi connectivity index (χ2v) is 12.5. The molecule has 1 aromatic heterocycles. The molecule has 13 heteroatoms.